The summed E-state index contributed by atoms with van der Waals surface area (Å²) in [5, 5.41) is 11.4. The number of hydrogen-bond donors (Lipinski definition) is 1. The van der Waals surface area contributed by atoms with Crippen molar-refractivity contribution in [2.45, 2.75) is 38.8 Å². The molecule has 0 aliphatic carbocycles. The fourth-order valence-corrected chi connectivity index (χ4v) is 3.15. The van der Waals surface area contributed by atoms with Crippen molar-refractivity contribution in [1.82, 2.24) is 20.1 Å². The van der Waals surface area contributed by atoms with Gasteiger partial charge in [-0.25, -0.2) is 0 Å². The summed E-state index contributed by atoms with van der Waals surface area (Å²) in [5.74, 6) is 3.13. The molecule has 2 aliphatic heterocycles. The number of carbonyl (C=O) groups is 1. The van der Waals surface area contributed by atoms with Crippen LogP contribution < -0.4 is 14.8 Å². The van der Waals surface area contributed by atoms with Crippen molar-refractivity contribution >= 4 is 5.91 Å². The van der Waals surface area contributed by atoms with Crippen LogP contribution in [-0.2, 0) is 13.0 Å². The minimum Gasteiger partial charge on any atom is -0.490 e. The molecule has 0 saturated heterocycles. The Kier molecular flexibility index (Phi) is 3.84. The van der Waals surface area contributed by atoms with Gasteiger partial charge in [0.1, 0.15) is 11.6 Å². The topological polar surface area (TPSA) is 78.3 Å². The van der Waals surface area contributed by atoms with Gasteiger partial charge < -0.3 is 19.4 Å². The van der Waals surface area contributed by atoms with Crippen LogP contribution in [0, 0.1) is 6.92 Å². The number of aryl methyl sites for hydroxylation is 2. The van der Waals surface area contributed by atoms with E-state index in [4.69, 9.17) is 9.47 Å². The van der Waals surface area contributed by atoms with Gasteiger partial charge in [0.25, 0.3) is 5.91 Å². The van der Waals surface area contributed by atoms with Crippen molar-refractivity contribution in [1.29, 1.82) is 0 Å². The number of carbonyl (C=O) groups excluding carboxylic acids is 1. The molecule has 1 amide bonds. The molecule has 7 nitrogen and oxygen atoms in total. The quantitative estimate of drug-likeness (QED) is 0.904. The number of rotatable bonds is 2. The second-order valence-electron chi connectivity index (χ2n) is 6.20. The predicted octanol–water partition coefficient (Wildman–Crippen LogP) is 1.49. The molecule has 1 aromatic carbocycles. The highest BCUT2D eigenvalue weighted by atomic mass is 16.5. The Balaban J connectivity index is 1.47. The normalized spacial score (nSPS) is 19.3. The van der Waals surface area contributed by atoms with Crippen LogP contribution in [0.4, 0.5) is 0 Å². The Morgan fingerprint density at radius 3 is 2.96 bits per heavy atom. The fourth-order valence-electron chi connectivity index (χ4n) is 3.15. The van der Waals surface area contributed by atoms with Crippen LogP contribution in [0.15, 0.2) is 18.2 Å². The summed E-state index contributed by atoms with van der Waals surface area (Å²) >= 11 is 0. The zero-order valence-electron chi connectivity index (χ0n) is 13.6. The van der Waals surface area contributed by atoms with Gasteiger partial charge in [-0.05, 0) is 31.5 Å². The second kappa shape index (κ2) is 6.14. The molecule has 0 spiro atoms. The van der Waals surface area contributed by atoms with Crippen LogP contribution in [0.2, 0.25) is 0 Å². The average Bonchev–Trinajstić information content (AvgIpc) is 2.82. The summed E-state index contributed by atoms with van der Waals surface area (Å²) in [6.45, 7) is 3.90. The molecule has 1 N–H and O–H groups in total. The van der Waals surface area contributed by atoms with E-state index in [0.29, 0.717) is 36.8 Å². The Morgan fingerprint density at radius 2 is 2.08 bits per heavy atom. The van der Waals surface area contributed by atoms with Crippen LogP contribution in [0.25, 0.3) is 0 Å². The van der Waals surface area contributed by atoms with Gasteiger partial charge in [-0.1, -0.05) is 0 Å². The Bertz CT molecular complexity index is 771. The zero-order chi connectivity index (χ0) is 16.5. The third kappa shape index (κ3) is 2.81. The highest BCUT2D eigenvalue weighted by molar-refractivity contribution is 5.95. The average molecular weight is 328 g/mol. The van der Waals surface area contributed by atoms with Gasteiger partial charge >= 0.3 is 0 Å². The molecule has 0 saturated carbocycles. The molecule has 4 rings (SSSR count). The Morgan fingerprint density at radius 1 is 1.25 bits per heavy atom. The molecule has 7 heteroatoms. The highest BCUT2D eigenvalue weighted by Gasteiger charge is 2.23. The third-order valence-electron chi connectivity index (χ3n) is 4.48. The summed E-state index contributed by atoms with van der Waals surface area (Å²) in [6.07, 6.45) is 2.54. The van der Waals surface area contributed by atoms with E-state index in [1.807, 2.05) is 6.92 Å². The van der Waals surface area contributed by atoms with E-state index in [0.717, 1.165) is 30.9 Å². The number of ether oxygens (including phenoxy) is 2. The second-order valence-corrected chi connectivity index (χ2v) is 6.20. The molecule has 2 aromatic rings. The monoisotopic (exact) mass is 328 g/mol. The smallest absolute Gasteiger partial charge is 0.251 e. The summed E-state index contributed by atoms with van der Waals surface area (Å²) < 4.78 is 13.3. The highest BCUT2D eigenvalue weighted by Crippen LogP contribution is 2.30. The van der Waals surface area contributed by atoms with E-state index < -0.39 is 0 Å². The molecule has 3 heterocycles. The maximum absolute atomic E-state index is 12.6. The van der Waals surface area contributed by atoms with Crippen LogP contribution in [0.5, 0.6) is 11.5 Å². The number of benzene rings is 1. The number of nitrogens with zero attached hydrogens (tertiary/aromatic N) is 3. The molecule has 0 unspecified atom stereocenters. The van der Waals surface area contributed by atoms with E-state index in [1.54, 1.807) is 18.2 Å². The molecule has 0 fully saturated rings. The van der Waals surface area contributed by atoms with Gasteiger partial charge in [0.2, 0.25) is 0 Å². The number of aromatic nitrogens is 3. The summed E-state index contributed by atoms with van der Waals surface area (Å²) in [4.78, 5) is 12.6. The largest absolute Gasteiger partial charge is 0.490 e. The lowest BCUT2D eigenvalue weighted by Crippen LogP contribution is -2.41. The first-order valence-electron chi connectivity index (χ1n) is 8.30. The van der Waals surface area contributed by atoms with Crippen molar-refractivity contribution in [3.8, 4) is 11.5 Å². The first-order chi connectivity index (χ1) is 11.7. The molecule has 0 radical (unpaired) electrons. The number of nitrogens with one attached hydrogen (secondary N) is 1. The standard InChI is InChI=1S/C17H20N4O3/c1-11-19-20-16-6-4-13(10-21(11)16)18-17(22)12-3-5-14-15(9-12)24-8-2-7-23-14/h3,5,9,13H,2,4,6-8,10H2,1H3,(H,18,22)/t13-/m1/s1. The first-order valence-corrected chi connectivity index (χ1v) is 8.30. The van der Waals surface area contributed by atoms with E-state index in [-0.39, 0.29) is 11.9 Å². The van der Waals surface area contributed by atoms with Crippen LogP contribution >= 0.6 is 0 Å². The molecule has 126 valence electrons. The summed E-state index contributed by atoms with van der Waals surface area (Å²) in [6, 6.07) is 5.42. The number of hydrogen-bond acceptors (Lipinski definition) is 5. The van der Waals surface area contributed by atoms with Crippen molar-refractivity contribution in [2.24, 2.45) is 0 Å². The van der Waals surface area contributed by atoms with Crippen LogP contribution in [-0.4, -0.2) is 39.9 Å². The number of amides is 1. The van der Waals surface area contributed by atoms with E-state index >= 15 is 0 Å². The van der Waals surface area contributed by atoms with Gasteiger partial charge in [-0.15, -0.1) is 10.2 Å². The maximum Gasteiger partial charge on any atom is 0.251 e. The number of fused-ring (bicyclic) bond motifs is 2. The van der Waals surface area contributed by atoms with Gasteiger partial charge in [0, 0.05) is 31.0 Å². The third-order valence-corrected chi connectivity index (χ3v) is 4.48. The first kappa shape index (κ1) is 15.0. The lowest BCUT2D eigenvalue weighted by molar-refractivity contribution is 0.0927. The maximum atomic E-state index is 12.6. The Labute approximate surface area is 140 Å². The molecule has 1 atom stereocenters. The van der Waals surface area contributed by atoms with Crippen molar-refractivity contribution < 1.29 is 14.3 Å². The summed E-state index contributed by atoms with van der Waals surface area (Å²) in [5.41, 5.74) is 0.588. The molecule has 24 heavy (non-hydrogen) atoms. The fraction of sp³-hybridized carbons (Fsp3) is 0.471. The molecule has 2 aliphatic rings. The summed E-state index contributed by atoms with van der Waals surface area (Å²) in [7, 11) is 0. The predicted molar refractivity (Wildman–Crippen MR) is 86.4 cm³/mol. The Hall–Kier alpha value is -2.57. The van der Waals surface area contributed by atoms with Crippen LogP contribution in [0.3, 0.4) is 0 Å². The zero-order valence-corrected chi connectivity index (χ0v) is 13.6. The van der Waals surface area contributed by atoms with Gasteiger partial charge in [-0.3, -0.25) is 4.79 Å². The molecule has 1 aromatic heterocycles. The SMILES string of the molecule is Cc1nnc2n1C[C@H](NC(=O)c1ccc3c(c1)OCCCO3)CC2. The van der Waals surface area contributed by atoms with E-state index in [9.17, 15) is 4.79 Å². The molecule has 0 bridgehead atoms. The minimum absolute atomic E-state index is 0.0793. The van der Waals surface area contributed by atoms with Crippen molar-refractivity contribution in [3.05, 3.63) is 35.4 Å². The lowest BCUT2D eigenvalue weighted by atomic mass is 10.1. The van der Waals surface area contributed by atoms with Gasteiger partial charge in [-0.2, -0.15) is 0 Å². The van der Waals surface area contributed by atoms with E-state index in [1.165, 1.54) is 0 Å². The lowest BCUT2D eigenvalue weighted by Gasteiger charge is -2.25. The van der Waals surface area contributed by atoms with Crippen molar-refractivity contribution in [3.63, 3.8) is 0 Å². The van der Waals surface area contributed by atoms with E-state index in [2.05, 4.69) is 20.1 Å². The molecular formula is C17H20N4O3. The van der Waals surface area contributed by atoms with Gasteiger partial charge in [0.15, 0.2) is 11.5 Å². The molecular weight excluding hydrogens is 308 g/mol. The van der Waals surface area contributed by atoms with Gasteiger partial charge in [0.05, 0.1) is 13.2 Å². The van der Waals surface area contributed by atoms with Crippen molar-refractivity contribution in [2.75, 3.05) is 13.2 Å². The van der Waals surface area contributed by atoms with Crippen LogP contribution in [0.1, 0.15) is 34.8 Å². The minimum atomic E-state index is -0.0928.